The summed E-state index contributed by atoms with van der Waals surface area (Å²) in [5, 5.41) is 0. The fourth-order valence-electron chi connectivity index (χ4n) is 3.36. The minimum atomic E-state index is -0.845. The van der Waals surface area contributed by atoms with E-state index in [0.29, 0.717) is 5.56 Å². The lowest BCUT2D eigenvalue weighted by Gasteiger charge is -2.20. The van der Waals surface area contributed by atoms with Gasteiger partial charge in [-0.25, -0.2) is 4.79 Å². The summed E-state index contributed by atoms with van der Waals surface area (Å²) in [6, 6.07) is 15.9. The number of nitrogens with zero attached hydrogens (tertiary/aromatic N) is 2. The average molecular weight is 479 g/mol. The van der Waals surface area contributed by atoms with E-state index >= 15 is 0 Å². The third-order valence-electron chi connectivity index (χ3n) is 5.39. The van der Waals surface area contributed by atoms with Crippen LogP contribution in [0.25, 0.3) is 0 Å². The number of nitrogens with two attached hydrogens (primary N) is 1. The Labute approximate surface area is 201 Å². The molecule has 0 aliphatic rings. The predicted octanol–water partition coefficient (Wildman–Crippen LogP) is 1.64. The van der Waals surface area contributed by atoms with Gasteiger partial charge in [0.25, 0.3) is 11.5 Å². The summed E-state index contributed by atoms with van der Waals surface area (Å²) < 4.78 is 6.11. The van der Waals surface area contributed by atoms with Crippen molar-refractivity contribution in [1.82, 2.24) is 9.55 Å². The van der Waals surface area contributed by atoms with Crippen molar-refractivity contribution in [3.63, 3.8) is 0 Å². The first-order chi connectivity index (χ1) is 16.7. The molecule has 3 rings (SSSR count). The van der Waals surface area contributed by atoms with Gasteiger partial charge in [-0.15, -0.1) is 0 Å². The van der Waals surface area contributed by atoms with E-state index in [9.17, 15) is 24.0 Å². The Kier molecular flexibility index (Phi) is 7.98. The molecular formula is C25H26N4O6. The highest BCUT2D eigenvalue weighted by Gasteiger charge is 2.22. The maximum atomic E-state index is 12.6. The number of Topliss-reactive ketones (excluding diaryl/α,β-unsaturated/α-hetero) is 1. The number of ketones is 1. The van der Waals surface area contributed by atoms with Gasteiger partial charge in [0.1, 0.15) is 5.82 Å². The second-order valence-corrected chi connectivity index (χ2v) is 7.97. The van der Waals surface area contributed by atoms with Gasteiger partial charge in [-0.05, 0) is 12.5 Å². The minimum absolute atomic E-state index is 0.0665. The summed E-state index contributed by atoms with van der Waals surface area (Å²) in [6.07, 6.45) is -0.266. The first-order valence-corrected chi connectivity index (χ1v) is 10.9. The van der Waals surface area contributed by atoms with E-state index in [1.807, 2.05) is 13.0 Å². The number of anilines is 2. The summed E-state index contributed by atoms with van der Waals surface area (Å²) in [7, 11) is 1.29. The normalized spacial score (nSPS) is 10.6. The molecule has 0 spiro atoms. The van der Waals surface area contributed by atoms with Crippen LogP contribution in [0.5, 0.6) is 0 Å². The van der Waals surface area contributed by atoms with Crippen molar-refractivity contribution in [1.29, 1.82) is 0 Å². The summed E-state index contributed by atoms with van der Waals surface area (Å²) in [4.78, 5) is 64.6. The van der Waals surface area contributed by atoms with E-state index in [1.165, 1.54) is 7.05 Å². The van der Waals surface area contributed by atoms with Crippen LogP contribution < -0.4 is 21.9 Å². The number of ether oxygens (including phenoxy) is 1. The standard InChI is InChI=1S/C25H26N4O6/c1-16-8-10-18(11-9-16)19(30)12-13-21(32)35-15-20(31)28(2)22-23(26)29(25(34)27-24(22)33)14-17-6-4-3-5-7-17/h3-11H,12-15,26H2,1-2H3,(H,27,33,34). The molecule has 35 heavy (non-hydrogen) atoms. The van der Waals surface area contributed by atoms with Gasteiger partial charge in [0.2, 0.25) is 0 Å². The molecule has 1 aromatic heterocycles. The van der Waals surface area contributed by atoms with Gasteiger partial charge in [0.15, 0.2) is 18.1 Å². The summed E-state index contributed by atoms with van der Waals surface area (Å²) >= 11 is 0. The lowest BCUT2D eigenvalue weighted by molar-refractivity contribution is -0.147. The number of esters is 1. The zero-order valence-corrected chi connectivity index (χ0v) is 19.4. The quantitative estimate of drug-likeness (QED) is 0.351. The van der Waals surface area contributed by atoms with Gasteiger partial charge in [0, 0.05) is 19.0 Å². The Hall–Kier alpha value is -4.47. The van der Waals surface area contributed by atoms with Crippen molar-refractivity contribution in [2.24, 2.45) is 0 Å². The van der Waals surface area contributed by atoms with Crippen molar-refractivity contribution < 1.29 is 19.1 Å². The van der Waals surface area contributed by atoms with E-state index in [0.717, 1.165) is 20.6 Å². The number of likely N-dealkylation sites (N-methyl/N-ethyl adjacent to an activating group) is 1. The molecule has 0 fully saturated rings. The second kappa shape index (κ2) is 11.1. The smallest absolute Gasteiger partial charge is 0.330 e. The van der Waals surface area contributed by atoms with Crippen LogP contribution in [0.3, 0.4) is 0 Å². The number of nitrogens with one attached hydrogen (secondary N) is 1. The lowest BCUT2D eigenvalue weighted by Crippen LogP contribution is -2.40. The van der Waals surface area contributed by atoms with Gasteiger partial charge in [0.05, 0.1) is 13.0 Å². The first-order valence-electron chi connectivity index (χ1n) is 10.9. The summed E-state index contributed by atoms with van der Waals surface area (Å²) in [5.41, 5.74) is 6.54. The van der Waals surface area contributed by atoms with Crippen molar-refractivity contribution in [2.45, 2.75) is 26.3 Å². The highest BCUT2D eigenvalue weighted by molar-refractivity contribution is 5.98. The number of hydrogen-bond donors (Lipinski definition) is 2. The third kappa shape index (κ3) is 6.32. The van der Waals surface area contributed by atoms with E-state index in [2.05, 4.69) is 4.98 Å². The van der Waals surface area contributed by atoms with Crippen LogP contribution in [0, 0.1) is 6.92 Å². The van der Waals surface area contributed by atoms with Crippen LogP contribution >= 0.6 is 0 Å². The number of H-pyrrole nitrogens is 1. The SMILES string of the molecule is Cc1ccc(C(=O)CCC(=O)OCC(=O)N(C)c2c(N)n(Cc3ccccc3)c(=O)[nH]c2=O)cc1. The van der Waals surface area contributed by atoms with Crippen LogP contribution in [-0.4, -0.2) is 40.9 Å². The lowest BCUT2D eigenvalue weighted by atomic mass is 10.1. The third-order valence-corrected chi connectivity index (χ3v) is 5.39. The number of aromatic amines is 1. The Morgan fingerprint density at radius 3 is 2.31 bits per heavy atom. The van der Waals surface area contributed by atoms with E-state index in [-0.39, 0.29) is 36.7 Å². The Morgan fingerprint density at radius 1 is 1.00 bits per heavy atom. The Balaban J connectivity index is 1.62. The van der Waals surface area contributed by atoms with Gasteiger partial charge < -0.3 is 15.4 Å². The zero-order valence-electron chi connectivity index (χ0n) is 19.4. The Morgan fingerprint density at radius 2 is 1.66 bits per heavy atom. The number of nitrogen functional groups attached to an aromatic ring is 1. The number of carbonyl (C=O) groups is 3. The van der Waals surface area contributed by atoms with Gasteiger partial charge in [-0.1, -0.05) is 60.2 Å². The molecule has 182 valence electrons. The van der Waals surface area contributed by atoms with Gasteiger partial charge in [-0.3, -0.25) is 28.7 Å². The first kappa shape index (κ1) is 25.2. The number of amides is 1. The molecule has 0 bridgehead atoms. The highest BCUT2D eigenvalue weighted by atomic mass is 16.5. The van der Waals surface area contributed by atoms with Crippen molar-refractivity contribution >= 4 is 29.2 Å². The molecule has 10 nitrogen and oxygen atoms in total. The predicted molar refractivity (Wildman–Crippen MR) is 130 cm³/mol. The molecule has 1 amide bonds. The van der Waals surface area contributed by atoms with Crippen molar-refractivity contribution in [2.75, 3.05) is 24.3 Å². The molecule has 2 aromatic carbocycles. The zero-order chi connectivity index (χ0) is 25.5. The largest absolute Gasteiger partial charge is 0.456 e. The minimum Gasteiger partial charge on any atom is -0.456 e. The molecule has 0 aliphatic heterocycles. The van der Waals surface area contributed by atoms with E-state index in [4.69, 9.17) is 10.5 Å². The molecule has 3 aromatic rings. The van der Waals surface area contributed by atoms with Gasteiger partial charge in [-0.2, -0.15) is 0 Å². The maximum Gasteiger partial charge on any atom is 0.330 e. The molecule has 0 unspecified atom stereocenters. The van der Waals surface area contributed by atoms with Crippen molar-refractivity contribution in [3.05, 3.63) is 92.1 Å². The molecule has 3 N–H and O–H groups in total. The molecule has 0 atom stereocenters. The van der Waals surface area contributed by atoms with Crippen LogP contribution in [0.15, 0.2) is 64.2 Å². The number of carbonyl (C=O) groups excluding carboxylic acids is 3. The summed E-state index contributed by atoms with van der Waals surface area (Å²) in [5.74, 6) is -1.88. The van der Waals surface area contributed by atoms with E-state index in [1.54, 1.807) is 48.5 Å². The molecule has 10 heteroatoms. The fourth-order valence-corrected chi connectivity index (χ4v) is 3.36. The van der Waals surface area contributed by atoms with Crippen LogP contribution in [0.4, 0.5) is 11.5 Å². The molecule has 0 saturated carbocycles. The molecule has 0 radical (unpaired) electrons. The molecular weight excluding hydrogens is 452 g/mol. The highest BCUT2D eigenvalue weighted by Crippen LogP contribution is 2.16. The topological polar surface area (TPSA) is 145 Å². The summed E-state index contributed by atoms with van der Waals surface area (Å²) in [6.45, 7) is 1.32. The maximum absolute atomic E-state index is 12.6. The Bertz CT molecular complexity index is 1340. The number of rotatable bonds is 9. The van der Waals surface area contributed by atoms with Crippen LogP contribution in [0.2, 0.25) is 0 Å². The molecule has 0 aliphatic carbocycles. The van der Waals surface area contributed by atoms with Crippen molar-refractivity contribution in [3.8, 4) is 0 Å². The van der Waals surface area contributed by atoms with Crippen LogP contribution in [-0.2, 0) is 20.9 Å². The van der Waals surface area contributed by atoms with Crippen LogP contribution in [0.1, 0.15) is 34.3 Å². The monoisotopic (exact) mass is 478 g/mol. The number of aromatic nitrogens is 2. The fraction of sp³-hybridized carbons (Fsp3) is 0.240. The van der Waals surface area contributed by atoms with Gasteiger partial charge >= 0.3 is 11.7 Å². The number of benzene rings is 2. The number of aryl methyl sites for hydroxylation is 1. The number of hydrogen-bond acceptors (Lipinski definition) is 7. The average Bonchev–Trinajstić information content (AvgIpc) is 2.84. The molecule has 0 saturated heterocycles. The molecule has 1 heterocycles. The second-order valence-electron chi connectivity index (χ2n) is 7.97. The van der Waals surface area contributed by atoms with E-state index < -0.39 is 29.7 Å².